The second-order valence-corrected chi connectivity index (χ2v) is 4.85. The highest BCUT2D eigenvalue weighted by atomic mass is 19.4. The van der Waals surface area contributed by atoms with Crippen LogP contribution in [0.15, 0.2) is 42.6 Å². The van der Waals surface area contributed by atoms with E-state index in [0.717, 1.165) is 11.8 Å². The number of hydrogen-bond acceptors (Lipinski definition) is 2. The zero-order valence-electron chi connectivity index (χ0n) is 11.9. The van der Waals surface area contributed by atoms with Crippen LogP contribution in [-0.2, 0) is 17.4 Å². The molecule has 1 aromatic heterocycles. The number of hydrogen-bond donors (Lipinski definition) is 1. The molecule has 2 rings (SSSR count). The number of carbonyl (C=O) groups excluding carboxylic acids is 1. The van der Waals surface area contributed by atoms with E-state index in [9.17, 15) is 18.0 Å². The monoisotopic (exact) mass is 308 g/mol. The molecule has 116 valence electrons. The molecule has 0 spiro atoms. The van der Waals surface area contributed by atoms with Gasteiger partial charge in [-0.25, -0.2) is 0 Å². The molecule has 0 aliphatic heterocycles. The molecule has 0 aliphatic carbocycles. The summed E-state index contributed by atoms with van der Waals surface area (Å²) in [5.41, 5.74) is 0.218. The third-order valence-electron chi connectivity index (χ3n) is 3.25. The highest BCUT2D eigenvalue weighted by Crippen LogP contribution is 2.34. The lowest BCUT2D eigenvalue weighted by Gasteiger charge is -2.14. The van der Waals surface area contributed by atoms with E-state index in [4.69, 9.17) is 0 Å². The Kier molecular flexibility index (Phi) is 4.80. The van der Waals surface area contributed by atoms with Crippen LogP contribution in [0.4, 0.5) is 18.9 Å². The first kappa shape index (κ1) is 16.0. The van der Waals surface area contributed by atoms with Crippen molar-refractivity contribution in [1.29, 1.82) is 0 Å². The molecule has 2 aromatic rings. The first-order chi connectivity index (χ1) is 10.4. The lowest BCUT2D eigenvalue weighted by molar-refractivity contribution is -0.138. The van der Waals surface area contributed by atoms with Crippen molar-refractivity contribution in [2.45, 2.75) is 25.9 Å². The molecule has 0 saturated heterocycles. The summed E-state index contributed by atoms with van der Waals surface area (Å²) in [4.78, 5) is 16.0. The summed E-state index contributed by atoms with van der Waals surface area (Å²) >= 11 is 0. The zero-order chi connectivity index (χ0) is 16.2. The van der Waals surface area contributed by atoms with Crippen LogP contribution in [0.1, 0.15) is 23.2 Å². The smallest absolute Gasteiger partial charge is 0.326 e. The molecular formula is C16H15F3N2O. The molecule has 1 N–H and O–H groups in total. The molecule has 3 nitrogen and oxygen atoms in total. The number of halogens is 3. The molecule has 0 bridgehead atoms. The van der Waals surface area contributed by atoms with Gasteiger partial charge in [0, 0.05) is 24.0 Å². The molecule has 1 amide bonds. The summed E-state index contributed by atoms with van der Waals surface area (Å²) in [7, 11) is 0. The Morgan fingerprint density at radius 1 is 1.18 bits per heavy atom. The second kappa shape index (κ2) is 6.60. The Morgan fingerprint density at radius 3 is 2.59 bits per heavy atom. The number of pyridine rings is 1. The van der Waals surface area contributed by atoms with E-state index in [2.05, 4.69) is 10.3 Å². The largest absolute Gasteiger partial charge is 0.416 e. The fourth-order valence-electron chi connectivity index (χ4n) is 2.08. The number of nitrogens with zero attached hydrogens (tertiary/aromatic N) is 1. The van der Waals surface area contributed by atoms with Crippen molar-refractivity contribution >= 4 is 11.6 Å². The van der Waals surface area contributed by atoms with Gasteiger partial charge in [-0.1, -0.05) is 12.1 Å². The van der Waals surface area contributed by atoms with Crippen molar-refractivity contribution in [2.75, 3.05) is 5.32 Å². The summed E-state index contributed by atoms with van der Waals surface area (Å²) in [6, 6.07) is 9.13. The van der Waals surface area contributed by atoms with Crippen LogP contribution >= 0.6 is 0 Å². The highest BCUT2D eigenvalue weighted by molar-refractivity contribution is 5.91. The van der Waals surface area contributed by atoms with E-state index in [0.29, 0.717) is 6.42 Å². The van der Waals surface area contributed by atoms with E-state index in [1.54, 1.807) is 18.3 Å². The van der Waals surface area contributed by atoms with Gasteiger partial charge in [0.2, 0.25) is 5.91 Å². The lowest BCUT2D eigenvalue weighted by Crippen LogP contribution is -2.15. The van der Waals surface area contributed by atoms with E-state index < -0.39 is 11.7 Å². The molecule has 0 atom stereocenters. The summed E-state index contributed by atoms with van der Waals surface area (Å²) in [5, 5.41) is 2.53. The van der Waals surface area contributed by atoms with Crippen LogP contribution in [0.3, 0.4) is 0 Å². The minimum atomic E-state index is -4.43. The van der Waals surface area contributed by atoms with Gasteiger partial charge in [0.1, 0.15) is 0 Å². The Labute approximate surface area is 126 Å². The van der Waals surface area contributed by atoms with Crippen molar-refractivity contribution in [3.05, 3.63) is 59.4 Å². The lowest BCUT2D eigenvalue weighted by atomic mass is 10.1. The maximum absolute atomic E-state index is 12.8. The number of aromatic nitrogens is 1. The van der Waals surface area contributed by atoms with Crippen LogP contribution in [-0.4, -0.2) is 10.9 Å². The van der Waals surface area contributed by atoms with Crippen molar-refractivity contribution < 1.29 is 18.0 Å². The number of aryl methyl sites for hydroxylation is 1. The van der Waals surface area contributed by atoms with Gasteiger partial charge in [0.25, 0.3) is 0 Å². The summed E-state index contributed by atoms with van der Waals surface area (Å²) in [6.07, 6.45) is -2.21. The van der Waals surface area contributed by atoms with Gasteiger partial charge in [0.05, 0.1) is 5.56 Å². The Balaban J connectivity index is 2.03. The van der Waals surface area contributed by atoms with Crippen LogP contribution in [0, 0.1) is 6.92 Å². The maximum atomic E-state index is 12.8. The fourth-order valence-corrected chi connectivity index (χ4v) is 2.08. The predicted octanol–water partition coefficient (Wildman–Crippen LogP) is 3.98. The van der Waals surface area contributed by atoms with Crippen LogP contribution in [0.2, 0.25) is 0 Å². The number of rotatable bonds is 4. The normalized spacial score (nSPS) is 11.3. The van der Waals surface area contributed by atoms with Crippen molar-refractivity contribution in [2.24, 2.45) is 0 Å². The fraction of sp³-hybridized carbons (Fsp3) is 0.250. The van der Waals surface area contributed by atoms with Gasteiger partial charge in [0.15, 0.2) is 0 Å². The van der Waals surface area contributed by atoms with E-state index in [1.807, 2.05) is 6.07 Å². The molecule has 6 heteroatoms. The number of benzene rings is 1. The van der Waals surface area contributed by atoms with Crippen LogP contribution in [0.5, 0.6) is 0 Å². The molecule has 0 fully saturated rings. The molecule has 0 aliphatic rings. The molecule has 22 heavy (non-hydrogen) atoms. The maximum Gasteiger partial charge on any atom is 0.416 e. The van der Waals surface area contributed by atoms with E-state index in [1.165, 1.54) is 19.1 Å². The standard InChI is InChI=1S/C16H15F3N2O/c1-11-13(16(17,18)19)6-4-7-14(11)21-15(22)9-8-12-5-2-3-10-20-12/h2-7,10H,8-9H2,1H3,(H,21,22). The van der Waals surface area contributed by atoms with Gasteiger partial charge < -0.3 is 5.32 Å². The molecular weight excluding hydrogens is 293 g/mol. The van der Waals surface area contributed by atoms with Gasteiger partial charge in [-0.3, -0.25) is 9.78 Å². The van der Waals surface area contributed by atoms with Crippen LogP contribution in [0.25, 0.3) is 0 Å². The average molecular weight is 308 g/mol. The minimum absolute atomic E-state index is 0.0150. The van der Waals surface area contributed by atoms with Gasteiger partial charge in [-0.15, -0.1) is 0 Å². The SMILES string of the molecule is Cc1c(NC(=O)CCc2ccccn2)cccc1C(F)(F)F. The Hall–Kier alpha value is -2.37. The summed E-state index contributed by atoms with van der Waals surface area (Å²) in [6.45, 7) is 1.34. The number of alkyl halides is 3. The highest BCUT2D eigenvalue weighted by Gasteiger charge is 2.32. The Morgan fingerprint density at radius 2 is 1.95 bits per heavy atom. The topological polar surface area (TPSA) is 42.0 Å². The minimum Gasteiger partial charge on any atom is -0.326 e. The number of amides is 1. The number of carbonyl (C=O) groups is 1. The van der Waals surface area contributed by atoms with Crippen molar-refractivity contribution in [1.82, 2.24) is 4.98 Å². The summed E-state index contributed by atoms with van der Waals surface area (Å²) in [5.74, 6) is -0.340. The number of anilines is 1. The van der Waals surface area contributed by atoms with Crippen molar-refractivity contribution in [3.8, 4) is 0 Å². The van der Waals surface area contributed by atoms with Gasteiger partial charge >= 0.3 is 6.18 Å². The zero-order valence-corrected chi connectivity index (χ0v) is 11.9. The second-order valence-electron chi connectivity index (χ2n) is 4.85. The quantitative estimate of drug-likeness (QED) is 0.928. The molecule has 0 unspecified atom stereocenters. The third-order valence-corrected chi connectivity index (χ3v) is 3.25. The molecule has 0 saturated carbocycles. The Bertz CT molecular complexity index is 654. The van der Waals surface area contributed by atoms with Gasteiger partial charge in [-0.2, -0.15) is 13.2 Å². The predicted molar refractivity (Wildman–Crippen MR) is 77.4 cm³/mol. The molecule has 0 radical (unpaired) electrons. The molecule has 1 aromatic carbocycles. The number of nitrogens with one attached hydrogen (secondary N) is 1. The molecule has 1 heterocycles. The van der Waals surface area contributed by atoms with E-state index in [-0.39, 0.29) is 23.6 Å². The first-order valence-corrected chi connectivity index (χ1v) is 6.74. The average Bonchev–Trinajstić information content (AvgIpc) is 2.47. The summed E-state index contributed by atoms with van der Waals surface area (Å²) < 4.78 is 38.4. The third kappa shape index (κ3) is 4.07. The van der Waals surface area contributed by atoms with Crippen molar-refractivity contribution in [3.63, 3.8) is 0 Å². The van der Waals surface area contributed by atoms with Gasteiger partial charge in [-0.05, 0) is 43.2 Å². The first-order valence-electron chi connectivity index (χ1n) is 6.74. The van der Waals surface area contributed by atoms with E-state index >= 15 is 0 Å². The van der Waals surface area contributed by atoms with Crippen LogP contribution < -0.4 is 5.32 Å².